The van der Waals surface area contributed by atoms with Crippen molar-refractivity contribution >= 4 is 28.8 Å². The van der Waals surface area contributed by atoms with Crippen LogP contribution in [0.15, 0.2) is 66.7 Å². The number of nitrogens with zero attached hydrogens (tertiary/aromatic N) is 2. The molecule has 0 saturated heterocycles. The molecule has 0 fully saturated rings. The third kappa shape index (κ3) is 3.31. The number of para-hydroxylation sites is 1. The second-order valence-electron chi connectivity index (χ2n) is 7.30. The Morgan fingerprint density at radius 1 is 0.857 bits per heavy atom. The van der Waals surface area contributed by atoms with Crippen LogP contribution in [0.25, 0.3) is 17.3 Å². The van der Waals surface area contributed by atoms with E-state index < -0.39 is 0 Å². The zero-order valence-electron chi connectivity index (χ0n) is 16.8. The molecule has 4 rings (SSSR count). The second-order valence-corrected chi connectivity index (χ2v) is 7.30. The summed E-state index contributed by atoms with van der Waals surface area (Å²) in [5.74, 6) is 1.01. The molecule has 0 aliphatic heterocycles. The Hall–Kier alpha value is -3.33. The molecule has 140 valence electrons. The van der Waals surface area contributed by atoms with Gasteiger partial charge in [0.2, 0.25) is 0 Å². The van der Waals surface area contributed by atoms with Crippen LogP contribution in [0.1, 0.15) is 35.0 Å². The van der Waals surface area contributed by atoms with Crippen LogP contribution in [0.3, 0.4) is 0 Å². The minimum absolute atomic E-state index is 0.949. The van der Waals surface area contributed by atoms with E-state index in [1.165, 1.54) is 16.7 Å². The quantitative estimate of drug-likeness (QED) is 0.442. The third-order valence-corrected chi connectivity index (χ3v) is 5.12. The van der Waals surface area contributed by atoms with E-state index in [4.69, 9.17) is 4.98 Å². The van der Waals surface area contributed by atoms with E-state index >= 15 is 0 Å². The van der Waals surface area contributed by atoms with E-state index in [0.717, 1.165) is 34.1 Å². The summed E-state index contributed by atoms with van der Waals surface area (Å²) in [6.07, 6.45) is 2.19. The number of allylic oxidation sites excluding steroid dienone is 1. The fourth-order valence-corrected chi connectivity index (χ4v) is 3.64. The van der Waals surface area contributed by atoms with Crippen molar-refractivity contribution in [2.45, 2.75) is 27.7 Å². The minimum Gasteiger partial charge on any atom is -0.339 e. The average molecular weight is 367 g/mol. The summed E-state index contributed by atoms with van der Waals surface area (Å²) in [6, 6.07) is 23.0. The van der Waals surface area contributed by atoms with Crippen LogP contribution in [-0.4, -0.2) is 9.38 Å². The third-order valence-electron chi connectivity index (χ3n) is 5.12. The molecule has 0 spiro atoms. The summed E-state index contributed by atoms with van der Waals surface area (Å²) >= 11 is 0. The summed E-state index contributed by atoms with van der Waals surface area (Å²) in [6.45, 7) is 8.51. The molecule has 4 aromatic rings. The van der Waals surface area contributed by atoms with Gasteiger partial charge in [0.25, 0.3) is 0 Å². The first-order chi connectivity index (χ1) is 13.5. The smallest absolute Gasteiger partial charge is 0.143 e. The van der Waals surface area contributed by atoms with Crippen molar-refractivity contribution in [1.82, 2.24) is 9.38 Å². The Labute approximate surface area is 166 Å². The summed E-state index contributed by atoms with van der Waals surface area (Å²) in [4.78, 5) is 4.96. The topological polar surface area (TPSA) is 29.3 Å². The van der Waals surface area contributed by atoms with Gasteiger partial charge in [0.05, 0.1) is 0 Å². The Bertz CT molecular complexity index is 1150. The number of aryl methyl sites for hydroxylation is 3. The highest BCUT2D eigenvalue weighted by atomic mass is 15.1. The van der Waals surface area contributed by atoms with Crippen LogP contribution in [-0.2, 0) is 0 Å². The molecule has 0 radical (unpaired) electrons. The molecule has 2 aromatic carbocycles. The molecule has 0 aliphatic carbocycles. The van der Waals surface area contributed by atoms with Gasteiger partial charge in [-0.15, -0.1) is 0 Å². The first-order valence-corrected chi connectivity index (χ1v) is 9.59. The molecular formula is C25H25N3. The number of benzene rings is 2. The Morgan fingerprint density at radius 3 is 2.25 bits per heavy atom. The molecule has 0 saturated carbocycles. The van der Waals surface area contributed by atoms with Crippen LogP contribution in [0.2, 0.25) is 0 Å². The van der Waals surface area contributed by atoms with Crippen LogP contribution < -0.4 is 5.32 Å². The largest absolute Gasteiger partial charge is 0.339 e. The van der Waals surface area contributed by atoms with Gasteiger partial charge in [0.15, 0.2) is 0 Å². The summed E-state index contributed by atoms with van der Waals surface area (Å²) < 4.78 is 2.20. The SMILES string of the molecule is CC(=Cc1ccccc1)c1nc2cccc(C)n2c1Nc1c(C)cccc1C. The predicted molar refractivity (Wildman–Crippen MR) is 119 cm³/mol. The van der Waals surface area contributed by atoms with E-state index in [-0.39, 0.29) is 0 Å². The molecule has 1 N–H and O–H groups in total. The Morgan fingerprint density at radius 2 is 1.54 bits per heavy atom. The van der Waals surface area contributed by atoms with Crippen molar-refractivity contribution in [3.8, 4) is 0 Å². The molecule has 3 nitrogen and oxygen atoms in total. The molecule has 0 aliphatic rings. The van der Waals surface area contributed by atoms with E-state index in [1.54, 1.807) is 0 Å². The zero-order chi connectivity index (χ0) is 19.7. The molecule has 3 heteroatoms. The van der Waals surface area contributed by atoms with Crippen molar-refractivity contribution in [3.05, 3.63) is 94.8 Å². The normalized spacial score (nSPS) is 11.8. The highest BCUT2D eigenvalue weighted by molar-refractivity contribution is 5.86. The number of imidazole rings is 1. The van der Waals surface area contributed by atoms with Crippen molar-refractivity contribution < 1.29 is 0 Å². The van der Waals surface area contributed by atoms with E-state index in [2.05, 4.69) is 104 Å². The number of hydrogen-bond acceptors (Lipinski definition) is 2. The maximum absolute atomic E-state index is 4.96. The number of hydrogen-bond donors (Lipinski definition) is 1. The molecule has 0 atom stereocenters. The van der Waals surface area contributed by atoms with Crippen molar-refractivity contribution in [2.75, 3.05) is 5.32 Å². The number of rotatable bonds is 4. The van der Waals surface area contributed by atoms with Gasteiger partial charge >= 0.3 is 0 Å². The van der Waals surface area contributed by atoms with Crippen LogP contribution in [0.5, 0.6) is 0 Å². The molecule has 2 heterocycles. The van der Waals surface area contributed by atoms with Gasteiger partial charge in [0, 0.05) is 11.4 Å². The lowest BCUT2D eigenvalue weighted by molar-refractivity contribution is 1.09. The van der Waals surface area contributed by atoms with Gasteiger partial charge in [0.1, 0.15) is 17.2 Å². The number of pyridine rings is 1. The predicted octanol–water partition coefficient (Wildman–Crippen LogP) is 6.56. The fourth-order valence-electron chi connectivity index (χ4n) is 3.64. The van der Waals surface area contributed by atoms with Crippen LogP contribution in [0.4, 0.5) is 11.5 Å². The van der Waals surface area contributed by atoms with Gasteiger partial charge < -0.3 is 5.32 Å². The van der Waals surface area contributed by atoms with Crippen molar-refractivity contribution in [1.29, 1.82) is 0 Å². The number of nitrogens with one attached hydrogen (secondary N) is 1. The van der Waals surface area contributed by atoms with Crippen LogP contribution >= 0.6 is 0 Å². The maximum Gasteiger partial charge on any atom is 0.143 e. The lowest BCUT2D eigenvalue weighted by Crippen LogP contribution is -2.03. The molecular weight excluding hydrogens is 342 g/mol. The summed E-state index contributed by atoms with van der Waals surface area (Å²) in [5, 5.41) is 3.70. The van der Waals surface area contributed by atoms with Crippen LogP contribution in [0, 0.1) is 20.8 Å². The monoisotopic (exact) mass is 367 g/mol. The van der Waals surface area contributed by atoms with E-state index in [9.17, 15) is 0 Å². The van der Waals surface area contributed by atoms with E-state index in [0.29, 0.717) is 0 Å². The molecule has 2 aromatic heterocycles. The molecule has 28 heavy (non-hydrogen) atoms. The van der Waals surface area contributed by atoms with Gasteiger partial charge in [-0.05, 0) is 68.2 Å². The first-order valence-electron chi connectivity index (χ1n) is 9.59. The van der Waals surface area contributed by atoms with Gasteiger partial charge in [-0.1, -0.05) is 54.6 Å². The second kappa shape index (κ2) is 7.35. The molecule has 0 amide bonds. The van der Waals surface area contributed by atoms with Crippen molar-refractivity contribution in [3.63, 3.8) is 0 Å². The Kier molecular flexibility index (Phi) is 4.74. The highest BCUT2D eigenvalue weighted by Crippen LogP contribution is 2.32. The van der Waals surface area contributed by atoms with Crippen molar-refractivity contribution in [2.24, 2.45) is 0 Å². The van der Waals surface area contributed by atoms with Gasteiger partial charge in [-0.25, -0.2) is 4.98 Å². The lowest BCUT2D eigenvalue weighted by atomic mass is 10.1. The summed E-state index contributed by atoms with van der Waals surface area (Å²) in [5.41, 5.74) is 8.96. The standard InChI is InChI=1S/C25H25N3/c1-17-10-8-11-18(2)23(17)27-25-24(19(3)16-21-13-6-5-7-14-21)26-22-15-9-12-20(4)28(22)25/h5-16,27H,1-4H3. The summed E-state index contributed by atoms with van der Waals surface area (Å²) in [7, 11) is 0. The lowest BCUT2D eigenvalue weighted by Gasteiger charge is -2.15. The van der Waals surface area contributed by atoms with Gasteiger partial charge in [-0.3, -0.25) is 4.40 Å². The maximum atomic E-state index is 4.96. The number of fused-ring (bicyclic) bond motifs is 1. The minimum atomic E-state index is 0.949. The average Bonchev–Trinajstić information content (AvgIpc) is 3.05. The highest BCUT2D eigenvalue weighted by Gasteiger charge is 2.16. The number of anilines is 2. The first kappa shape index (κ1) is 18.1. The van der Waals surface area contributed by atoms with Gasteiger partial charge in [-0.2, -0.15) is 0 Å². The molecule has 0 unspecified atom stereocenters. The zero-order valence-corrected chi connectivity index (χ0v) is 16.8. The van der Waals surface area contributed by atoms with E-state index in [1.807, 2.05) is 6.07 Å². The Balaban J connectivity index is 1.91. The number of aromatic nitrogens is 2. The fraction of sp³-hybridized carbons (Fsp3) is 0.160. The molecule has 0 bridgehead atoms.